The third-order valence-corrected chi connectivity index (χ3v) is 4.20. The molecule has 1 nitrogen and oxygen atoms in total. The molecular formula is C22H18O. The molecule has 2 aromatic carbocycles. The van der Waals surface area contributed by atoms with Crippen LogP contribution in [0.15, 0.2) is 102 Å². The highest BCUT2D eigenvalue weighted by Crippen LogP contribution is 2.35. The molecule has 1 heteroatoms. The summed E-state index contributed by atoms with van der Waals surface area (Å²) in [4.78, 5) is 0. The predicted molar refractivity (Wildman–Crippen MR) is 95.2 cm³/mol. The van der Waals surface area contributed by atoms with E-state index in [0.29, 0.717) is 0 Å². The summed E-state index contributed by atoms with van der Waals surface area (Å²) in [6.45, 7) is 0. The molecule has 2 aliphatic rings. The second-order valence-corrected chi connectivity index (χ2v) is 5.76. The molecular weight excluding hydrogens is 280 g/mol. The lowest BCUT2D eigenvalue weighted by Gasteiger charge is -2.27. The number of benzene rings is 2. The first-order chi connectivity index (χ1) is 11.4. The Morgan fingerprint density at radius 2 is 1.61 bits per heavy atom. The van der Waals surface area contributed by atoms with E-state index >= 15 is 0 Å². The number of allylic oxidation sites excluding steroid dienone is 5. The van der Waals surface area contributed by atoms with Crippen LogP contribution in [0.3, 0.4) is 0 Å². The van der Waals surface area contributed by atoms with Gasteiger partial charge in [0.05, 0.1) is 0 Å². The summed E-state index contributed by atoms with van der Waals surface area (Å²) in [6.07, 6.45) is 11.9. The topological polar surface area (TPSA) is 9.23 Å². The van der Waals surface area contributed by atoms with Crippen LogP contribution in [0.5, 0.6) is 5.75 Å². The van der Waals surface area contributed by atoms with E-state index in [1.54, 1.807) is 0 Å². The minimum atomic E-state index is -0.0439. The molecule has 1 atom stereocenters. The van der Waals surface area contributed by atoms with Gasteiger partial charge in [-0.3, -0.25) is 0 Å². The van der Waals surface area contributed by atoms with Gasteiger partial charge in [-0.2, -0.15) is 0 Å². The van der Waals surface area contributed by atoms with Crippen LogP contribution in [0.1, 0.15) is 12.0 Å². The normalized spacial score (nSPS) is 19.3. The molecule has 0 aromatic heterocycles. The summed E-state index contributed by atoms with van der Waals surface area (Å²) in [5, 5.41) is 0. The zero-order chi connectivity index (χ0) is 15.5. The van der Waals surface area contributed by atoms with Crippen molar-refractivity contribution in [1.82, 2.24) is 0 Å². The van der Waals surface area contributed by atoms with Crippen LogP contribution in [0, 0.1) is 0 Å². The van der Waals surface area contributed by atoms with Gasteiger partial charge in [0.2, 0.25) is 0 Å². The molecule has 0 heterocycles. The van der Waals surface area contributed by atoms with Gasteiger partial charge in [0.15, 0.2) is 0 Å². The quantitative estimate of drug-likeness (QED) is 0.742. The lowest BCUT2D eigenvalue weighted by molar-refractivity contribution is 0.285. The van der Waals surface area contributed by atoms with Gasteiger partial charge in [-0.05, 0) is 46.9 Å². The Balaban J connectivity index is 1.72. The Labute approximate surface area is 136 Å². The van der Waals surface area contributed by atoms with Crippen molar-refractivity contribution >= 4 is 5.57 Å². The molecule has 0 fully saturated rings. The van der Waals surface area contributed by atoms with Crippen molar-refractivity contribution in [2.24, 2.45) is 0 Å². The zero-order valence-electron chi connectivity index (χ0n) is 12.9. The van der Waals surface area contributed by atoms with Gasteiger partial charge in [0.1, 0.15) is 11.9 Å². The molecule has 0 spiro atoms. The first-order valence-electron chi connectivity index (χ1n) is 7.97. The highest BCUT2D eigenvalue weighted by molar-refractivity contribution is 5.79. The van der Waals surface area contributed by atoms with E-state index in [9.17, 15) is 0 Å². The first kappa shape index (κ1) is 13.8. The van der Waals surface area contributed by atoms with Gasteiger partial charge in [-0.1, -0.05) is 72.8 Å². The maximum Gasteiger partial charge on any atom is 0.143 e. The summed E-state index contributed by atoms with van der Waals surface area (Å²) in [5.74, 6) is 0.901. The van der Waals surface area contributed by atoms with Gasteiger partial charge in [0, 0.05) is 0 Å². The van der Waals surface area contributed by atoms with Gasteiger partial charge >= 0.3 is 0 Å². The second kappa shape index (κ2) is 6.13. The van der Waals surface area contributed by atoms with Crippen LogP contribution >= 0.6 is 0 Å². The Kier molecular flexibility index (Phi) is 3.69. The highest BCUT2D eigenvalue weighted by atomic mass is 16.5. The Morgan fingerprint density at radius 3 is 2.39 bits per heavy atom. The summed E-state index contributed by atoms with van der Waals surface area (Å²) >= 11 is 0. The molecule has 112 valence electrons. The van der Waals surface area contributed by atoms with Gasteiger partial charge in [0.25, 0.3) is 0 Å². The number of rotatable bonds is 3. The van der Waals surface area contributed by atoms with E-state index in [1.165, 1.54) is 22.3 Å². The minimum Gasteiger partial charge on any atom is -0.482 e. The smallest absolute Gasteiger partial charge is 0.143 e. The van der Waals surface area contributed by atoms with E-state index in [0.717, 1.165) is 12.2 Å². The molecule has 2 aliphatic carbocycles. The van der Waals surface area contributed by atoms with E-state index in [1.807, 2.05) is 36.4 Å². The molecule has 4 rings (SSSR count). The predicted octanol–water partition coefficient (Wildman–Crippen LogP) is 5.34. The fraction of sp³-hybridized carbons (Fsp3) is 0.0909. The van der Waals surface area contributed by atoms with Crippen molar-refractivity contribution in [2.45, 2.75) is 12.5 Å². The summed E-state index contributed by atoms with van der Waals surface area (Å²) in [6, 6.07) is 20.5. The number of ether oxygens (including phenoxy) is 1. The van der Waals surface area contributed by atoms with E-state index < -0.39 is 0 Å². The molecule has 23 heavy (non-hydrogen) atoms. The highest BCUT2D eigenvalue weighted by Gasteiger charge is 2.23. The van der Waals surface area contributed by atoms with Crippen LogP contribution < -0.4 is 4.74 Å². The zero-order valence-corrected chi connectivity index (χ0v) is 12.9. The van der Waals surface area contributed by atoms with Crippen LogP contribution in [-0.4, -0.2) is 6.10 Å². The molecule has 0 aliphatic heterocycles. The van der Waals surface area contributed by atoms with Crippen molar-refractivity contribution in [3.63, 3.8) is 0 Å². The van der Waals surface area contributed by atoms with Crippen molar-refractivity contribution in [2.75, 3.05) is 0 Å². The molecule has 2 aromatic rings. The molecule has 0 bridgehead atoms. The Hall–Kier alpha value is -2.80. The summed E-state index contributed by atoms with van der Waals surface area (Å²) in [5.41, 5.74) is 5.06. The van der Waals surface area contributed by atoms with Crippen LogP contribution in [0.2, 0.25) is 0 Å². The van der Waals surface area contributed by atoms with Gasteiger partial charge in [-0.25, -0.2) is 0 Å². The summed E-state index contributed by atoms with van der Waals surface area (Å²) < 4.78 is 6.26. The summed E-state index contributed by atoms with van der Waals surface area (Å²) in [7, 11) is 0. The maximum atomic E-state index is 6.26. The van der Waals surface area contributed by atoms with Crippen molar-refractivity contribution in [1.29, 1.82) is 0 Å². The average molecular weight is 298 g/mol. The monoisotopic (exact) mass is 298 g/mol. The number of fused-ring (bicyclic) bond motifs is 1. The van der Waals surface area contributed by atoms with Crippen molar-refractivity contribution in [3.05, 3.63) is 108 Å². The second-order valence-electron chi connectivity index (χ2n) is 5.76. The average Bonchev–Trinajstić information content (AvgIpc) is 2.63. The third-order valence-electron chi connectivity index (χ3n) is 4.20. The first-order valence-corrected chi connectivity index (χ1v) is 7.97. The van der Waals surface area contributed by atoms with Crippen molar-refractivity contribution < 1.29 is 4.74 Å². The van der Waals surface area contributed by atoms with Gasteiger partial charge in [-0.15, -0.1) is 0 Å². The Bertz CT molecular complexity index is 808. The third kappa shape index (κ3) is 2.91. The van der Waals surface area contributed by atoms with Crippen LogP contribution in [-0.2, 0) is 0 Å². The fourth-order valence-corrected chi connectivity index (χ4v) is 3.05. The molecule has 0 saturated carbocycles. The fourth-order valence-electron chi connectivity index (χ4n) is 3.05. The lowest BCUT2D eigenvalue weighted by atomic mass is 9.85. The van der Waals surface area contributed by atoms with Crippen LogP contribution in [0.4, 0.5) is 0 Å². The molecule has 0 radical (unpaired) electrons. The van der Waals surface area contributed by atoms with Crippen LogP contribution in [0.25, 0.3) is 5.57 Å². The van der Waals surface area contributed by atoms with E-state index in [2.05, 4.69) is 54.6 Å². The van der Waals surface area contributed by atoms with E-state index in [-0.39, 0.29) is 6.10 Å². The molecule has 0 saturated heterocycles. The maximum absolute atomic E-state index is 6.26. The molecule has 0 amide bonds. The molecule has 0 N–H and O–H groups in total. The molecule has 1 unspecified atom stereocenters. The number of hydrogen-bond acceptors (Lipinski definition) is 1. The standard InChI is InChI=1S/C22H18O/c1-3-9-17(10-4-1)19-15-18-11-7-8-14-21(18)22(16-19)23-20-12-5-2-6-13-20/h1-10,12-16,22H,11H2. The lowest BCUT2D eigenvalue weighted by Crippen LogP contribution is -2.22. The minimum absolute atomic E-state index is 0.0439. The van der Waals surface area contributed by atoms with Crippen molar-refractivity contribution in [3.8, 4) is 5.75 Å². The Morgan fingerprint density at radius 1 is 0.870 bits per heavy atom. The number of hydrogen-bond donors (Lipinski definition) is 0. The number of para-hydroxylation sites is 1. The SMILES string of the molecule is C1=CCC2=CC(c3ccccc3)=CC(Oc3ccccc3)C2=C1. The van der Waals surface area contributed by atoms with E-state index in [4.69, 9.17) is 4.74 Å². The largest absolute Gasteiger partial charge is 0.482 e. The van der Waals surface area contributed by atoms with Gasteiger partial charge < -0.3 is 4.74 Å².